The Balaban J connectivity index is 1.45. The third-order valence-corrected chi connectivity index (χ3v) is 4.43. The molecule has 0 radical (unpaired) electrons. The van der Waals surface area contributed by atoms with Crippen molar-refractivity contribution >= 4 is 0 Å². The van der Waals surface area contributed by atoms with Crippen molar-refractivity contribution in [1.82, 2.24) is 15.3 Å². The third-order valence-electron chi connectivity index (χ3n) is 4.43. The van der Waals surface area contributed by atoms with Gasteiger partial charge in [-0.15, -0.1) is 0 Å². The molecule has 0 unspecified atom stereocenters. The van der Waals surface area contributed by atoms with Crippen molar-refractivity contribution in [2.24, 2.45) is 0 Å². The average Bonchev–Trinajstić information content (AvgIpc) is 3.20. The van der Waals surface area contributed by atoms with Crippen molar-refractivity contribution in [2.75, 3.05) is 0 Å². The lowest BCUT2D eigenvalue weighted by molar-refractivity contribution is 0.628. The normalized spacial score (nSPS) is 10.9. The number of benzene rings is 3. The summed E-state index contributed by atoms with van der Waals surface area (Å²) in [7, 11) is 0. The van der Waals surface area contributed by atoms with E-state index >= 15 is 0 Å². The van der Waals surface area contributed by atoms with Crippen molar-refractivity contribution in [2.45, 2.75) is 13.1 Å². The van der Waals surface area contributed by atoms with E-state index in [1.807, 2.05) is 18.3 Å². The topological polar surface area (TPSA) is 40.7 Å². The number of H-pyrrole nitrogens is 1. The maximum absolute atomic E-state index is 13.1. The second-order valence-corrected chi connectivity index (χ2v) is 6.44. The molecule has 0 fully saturated rings. The zero-order valence-electron chi connectivity index (χ0n) is 14.8. The predicted octanol–water partition coefficient (Wildman–Crippen LogP) is 5.17. The number of hydrogen-bond acceptors (Lipinski definition) is 2. The number of rotatable bonds is 6. The SMILES string of the molecule is Fc1ccc(-c2ncc(-c3cccc(CNCc4ccccc4)c3)[nH]2)cc1. The summed E-state index contributed by atoms with van der Waals surface area (Å²) in [4.78, 5) is 7.75. The number of aromatic amines is 1. The summed E-state index contributed by atoms with van der Waals surface area (Å²) >= 11 is 0. The molecule has 1 aromatic heterocycles. The van der Waals surface area contributed by atoms with Gasteiger partial charge in [-0.25, -0.2) is 9.37 Å². The van der Waals surface area contributed by atoms with E-state index in [2.05, 4.69) is 57.7 Å². The van der Waals surface area contributed by atoms with Gasteiger partial charge in [0.05, 0.1) is 11.9 Å². The quantitative estimate of drug-likeness (QED) is 0.500. The first-order valence-corrected chi connectivity index (χ1v) is 8.93. The first kappa shape index (κ1) is 17.2. The highest BCUT2D eigenvalue weighted by atomic mass is 19.1. The summed E-state index contributed by atoms with van der Waals surface area (Å²) in [5, 5.41) is 3.47. The summed E-state index contributed by atoms with van der Waals surface area (Å²) in [5.74, 6) is 0.485. The predicted molar refractivity (Wildman–Crippen MR) is 106 cm³/mol. The van der Waals surface area contributed by atoms with Crippen LogP contribution in [0.15, 0.2) is 85.1 Å². The van der Waals surface area contributed by atoms with Gasteiger partial charge in [0.2, 0.25) is 0 Å². The molecule has 1 heterocycles. The molecule has 4 aromatic rings. The van der Waals surface area contributed by atoms with Crippen LogP contribution in [0.2, 0.25) is 0 Å². The van der Waals surface area contributed by atoms with Crippen molar-refractivity contribution in [1.29, 1.82) is 0 Å². The lowest BCUT2D eigenvalue weighted by atomic mass is 10.1. The van der Waals surface area contributed by atoms with Crippen molar-refractivity contribution in [3.63, 3.8) is 0 Å². The molecule has 0 bridgehead atoms. The fourth-order valence-corrected chi connectivity index (χ4v) is 3.02. The van der Waals surface area contributed by atoms with Gasteiger partial charge in [0.15, 0.2) is 0 Å². The van der Waals surface area contributed by atoms with E-state index in [-0.39, 0.29) is 5.82 Å². The standard InChI is InChI=1S/C23H20FN3/c24-21-11-9-19(10-12-21)23-26-16-22(27-23)20-8-4-7-18(13-20)15-25-14-17-5-2-1-3-6-17/h1-13,16,25H,14-15H2,(H,26,27). The van der Waals surface area contributed by atoms with Gasteiger partial charge in [-0.3, -0.25) is 0 Å². The fourth-order valence-electron chi connectivity index (χ4n) is 3.02. The van der Waals surface area contributed by atoms with Crippen LogP contribution in [0.4, 0.5) is 4.39 Å². The summed E-state index contributed by atoms with van der Waals surface area (Å²) in [6.45, 7) is 1.63. The van der Waals surface area contributed by atoms with Gasteiger partial charge in [-0.1, -0.05) is 48.5 Å². The molecule has 0 atom stereocenters. The molecule has 27 heavy (non-hydrogen) atoms. The third kappa shape index (κ3) is 4.30. The minimum absolute atomic E-state index is 0.249. The highest BCUT2D eigenvalue weighted by Crippen LogP contribution is 2.23. The van der Waals surface area contributed by atoms with Crippen LogP contribution in [-0.2, 0) is 13.1 Å². The minimum atomic E-state index is -0.249. The summed E-state index contributed by atoms with van der Waals surface area (Å²) in [6, 6.07) is 25.1. The molecule has 3 aromatic carbocycles. The van der Waals surface area contributed by atoms with Crippen LogP contribution in [0.25, 0.3) is 22.6 Å². The van der Waals surface area contributed by atoms with E-state index in [4.69, 9.17) is 0 Å². The molecule has 134 valence electrons. The molecule has 3 nitrogen and oxygen atoms in total. The Labute approximate surface area is 157 Å². The van der Waals surface area contributed by atoms with E-state index in [0.29, 0.717) is 0 Å². The zero-order chi connectivity index (χ0) is 18.5. The molecule has 4 rings (SSSR count). The summed E-state index contributed by atoms with van der Waals surface area (Å²) in [6.07, 6.45) is 1.81. The van der Waals surface area contributed by atoms with Gasteiger partial charge in [-0.2, -0.15) is 0 Å². The van der Waals surface area contributed by atoms with E-state index in [1.54, 1.807) is 12.1 Å². The maximum Gasteiger partial charge on any atom is 0.137 e. The van der Waals surface area contributed by atoms with Gasteiger partial charge in [0, 0.05) is 18.7 Å². The largest absolute Gasteiger partial charge is 0.338 e. The molecule has 0 amide bonds. The minimum Gasteiger partial charge on any atom is -0.338 e. The molecule has 4 heteroatoms. The highest BCUT2D eigenvalue weighted by Gasteiger charge is 2.06. The Hall–Kier alpha value is -3.24. The molecule has 0 spiro atoms. The first-order chi connectivity index (χ1) is 13.3. The lowest BCUT2D eigenvalue weighted by Crippen LogP contribution is -2.12. The lowest BCUT2D eigenvalue weighted by Gasteiger charge is -2.07. The molecular formula is C23H20FN3. The molecule has 0 aliphatic rings. The van der Waals surface area contributed by atoms with Crippen molar-refractivity contribution in [3.05, 3.63) is 102 Å². The van der Waals surface area contributed by atoms with Gasteiger partial charge in [0.1, 0.15) is 11.6 Å². The number of hydrogen-bond donors (Lipinski definition) is 2. The fraction of sp³-hybridized carbons (Fsp3) is 0.0870. The number of halogens is 1. The summed E-state index contributed by atoms with van der Waals surface area (Å²) in [5.41, 5.74) is 5.37. The molecule has 0 aliphatic carbocycles. The number of nitrogens with zero attached hydrogens (tertiary/aromatic N) is 1. The Morgan fingerprint density at radius 3 is 2.33 bits per heavy atom. The number of aromatic nitrogens is 2. The zero-order valence-corrected chi connectivity index (χ0v) is 14.8. The molecule has 2 N–H and O–H groups in total. The second kappa shape index (κ2) is 7.98. The smallest absolute Gasteiger partial charge is 0.137 e. The van der Waals surface area contributed by atoms with Gasteiger partial charge in [0.25, 0.3) is 0 Å². The van der Waals surface area contributed by atoms with Crippen LogP contribution in [-0.4, -0.2) is 9.97 Å². The Morgan fingerprint density at radius 2 is 1.52 bits per heavy atom. The van der Waals surface area contributed by atoms with Crippen LogP contribution in [0.3, 0.4) is 0 Å². The Bertz CT molecular complexity index is 1010. The molecule has 0 saturated heterocycles. The number of imidazole rings is 1. The van der Waals surface area contributed by atoms with Crippen LogP contribution < -0.4 is 5.32 Å². The molecular weight excluding hydrogens is 337 g/mol. The van der Waals surface area contributed by atoms with Crippen molar-refractivity contribution in [3.8, 4) is 22.6 Å². The van der Waals surface area contributed by atoms with Gasteiger partial charge < -0.3 is 10.3 Å². The Kier molecular flexibility index (Phi) is 5.08. The average molecular weight is 357 g/mol. The van der Waals surface area contributed by atoms with E-state index in [1.165, 1.54) is 23.3 Å². The Morgan fingerprint density at radius 1 is 0.778 bits per heavy atom. The van der Waals surface area contributed by atoms with Crippen molar-refractivity contribution < 1.29 is 4.39 Å². The second-order valence-electron chi connectivity index (χ2n) is 6.44. The highest BCUT2D eigenvalue weighted by molar-refractivity contribution is 5.64. The maximum atomic E-state index is 13.1. The summed E-state index contributed by atoms with van der Waals surface area (Å²) < 4.78 is 13.1. The van der Waals surface area contributed by atoms with E-state index < -0.39 is 0 Å². The first-order valence-electron chi connectivity index (χ1n) is 8.93. The molecule has 0 saturated carbocycles. The van der Waals surface area contributed by atoms with Crippen LogP contribution in [0.5, 0.6) is 0 Å². The van der Waals surface area contributed by atoms with Gasteiger partial charge >= 0.3 is 0 Å². The monoisotopic (exact) mass is 357 g/mol. The van der Waals surface area contributed by atoms with Gasteiger partial charge in [-0.05, 0) is 47.0 Å². The number of nitrogens with one attached hydrogen (secondary N) is 2. The van der Waals surface area contributed by atoms with E-state index in [9.17, 15) is 4.39 Å². The molecule has 0 aliphatic heterocycles. The van der Waals surface area contributed by atoms with E-state index in [0.717, 1.165) is 35.7 Å². The van der Waals surface area contributed by atoms with Crippen LogP contribution in [0, 0.1) is 5.82 Å². The van der Waals surface area contributed by atoms with Crippen LogP contribution >= 0.6 is 0 Å². The van der Waals surface area contributed by atoms with Crippen LogP contribution in [0.1, 0.15) is 11.1 Å².